The number of nitrogens with one attached hydrogen (secondary N) is 2. The van der Waals surface area contributed by atoms with E-state index in [0.29, 0.717) is 29.4 Å². The first-order chi connectivity index (χ1) is 19.8. The Hall–Kier alpha value is -4.83. The summed E-state index contributed by atoms with van der Waals surface area (Å²) in [5.74, 6) is 0.0340. The molecule has 5 rings (SSSR count). The Bertz CT molecular complexity index is 1640. The number of hydrogen-bond donors (Lipinski definition) is 2. The number of para-hydroxylation sites is 2. The number of ether oxygens (including phenoxy) is 2. The monoisotopic (exact) mass is 571 g/mol. The van der Waals surface area contributed by atoms with Crippen LogP contribution >= 0.6 is 0 Å². The fourth-order valence-corrected chi connectivity index (χ4v) is 5.42. The predicted molar refractivity (Wildman–Crippen MR) is 155 cm³/mol. The van der Waals surface area contributed by atoms with Crippen molar-refractivity contribution in [2.24, 2.45) is 0 Å². The van der Waals surface area contributed by atoms with E-state index < -0.39 is 16.1 Å². The summed E-state index contributed by atoms with van der Waals surface area (Å²) in [7, 11) is -3.80. The zero-order valence-corrected chi connectivity index (χ0v) is 23.1. The zero-order valence-electron chi connectivity index (χ0n) is 22.3. The van der Waals surface area contributed by atoms with E-state index in [4.69, 9.17) is 9.47 Å². The van der Waals surface area contributed by atoms with Crippen molar-refractivity contribution in [2.45, 2.75) is 24.5 Å². The summed E-state index contributed by atoms with van der Waals surface area (Å²) >= 11 is 0. The predicted octanol–water partition coefficient (Wildman–Crippen LogP) is 4.29. The molecule has 4 aromatic carbocycles. The molecule has 41 heavy (non-hydrogen) atoms. The topological polar surface area (TPSA) is 114 Å². The number of amides is 2. The quantitative estimate of drug-likeness (QED) is 0.310. The second kappa shape index (κ2) is 12.1. The molecule has 0 saturated carbocycles. The summed E-state index contributed by atoms with van der Waals surface area (Å²) in [6, 6.07) is 29.4. The van der Waals surface area contributed by atoms with Crippen molar-refractivity contribution in [3.8, 4) is 11.5 Å². The van der Waals surface area contributed by atoms with E-state index in [1.807, 2.05) is 43.3 Å². The van der Waals surface area contributed by atoms with Crippen LogP contribution < -0.4 is 24.4 Å². The Morgan fingerprint density at radius 2 is 1.66 bits per heavy atom. The lowest BCUT2D eigenvalue weighted by Gasteiger charge is -2.34. The number of nitrogens with zero attached hydrogens (tertiary/aromatic N) is 1. The minimum atomic E-state index is -3.80. The Morgan fingerprint density at radius 3 is 2.41 bits per heavy atom. The van der Waals surface area contributed by atoms with Gasteiger partial charge in [0.1, 0.15) is 11.5 Å². The molecule has 2 N–H and O–H groups in total. The third-order valence-corrected chi connectivity index (χ3v) is 7.84. The van der Waals surface area contributed by atoms with E-state index in [0.717, 1.165) is 11.1 Å². The Morgan fingerprint density at radius 1 is 0.927 bits per heavy atom. The Kier molecular flexibility index (Phi) is 8.21. The van der Waals surface area contributed by atoms with Crippen LogP contribution in [-0.4, -0.2) is 39.5 Å². The second-order valence-electron chi connectivity index (χ2n) is 9.52. The van der Waals surface area contributed by atoms with E-state index in [1.54, 1.807) is 42.5 Å². The van der Waals surface area contributed by atoms with Crippen LogP contribution in [0.5, 0.6) is 11.5 Å². The normalized spacial score (nSPS) is 14.4. The highest BCUT2D eigenvalue weighted by atomic mass is 32.2. The number of sulfonamides is 1. The maximum Gasteiger partial charge on any atom is 0.265 e. The van der Waals surface area contributed by atoms with Crippen LogP contribution in [0.4, 0.5) is 11.4 Å². The van der Waals surface area contributed by atoms with Crippen LogP contribution in [0.25, 0.3) is 0 Å². The molecule has 0 radical (unpaired) electrons. The highest BCUT2D eigenvalue weighted by Crippen LogP contribution is 2.33. The smallest absolute Gasteiger partial charge is 0.265 e. The van der Waals surface area contributed by atoms with Crippen LogP contribution in [0.15, 0.2) is 108 Å². The van der Waals surface area contributed by atoms with Crippen LogP contribution in [0.3, 0.4) is 0 Å². The van der Waals surface area contributed by atoms with Crippen LogP contribution in [-0.2, 0) is 26.2 Å². The van der Waals surface area contributed by atoms with Gasteiger partial charge in [-0.3, -0.25) is 14.3 Å². The van der Waals surface area contributed by atoms with Gasteiger partial charge in [0, 0.05) is 12.2 Å². The average Bonchev–Trinajstić information content (AvgIpc) is 2.98. The minimum absolute atomic E-state index is 0.0155. The first-order valence-corrected chi connectivity index (χ1v) is 14.5. The molecule has 9 nitrogen and oxygen atoms in total. The molecular weight excluding hydrogens is 542 g/mol. The fraction of sp³-hybridized carbons (Fsp3) is 0.161. The van der Waals surface area contributed by atoms with Gasteiger partial charge >= 0.3 is 0 Å². The van der Waals surface area contributed by atoms with Gasteiger partial charge in [-0.25, -0.2) is 8.42 Å². The number of anilines is 2. The van der Waals surface area contributed by atoms with E-state index in [9.17, 15) is 18.0 Å². The lowest BCUT2D eigenvalue weighted by Crippen LogP contribution is -2.51. The molecule has 10 heteroatoms. The molecule has 4 aromatic rings. The molecule has 210 valence electrons. The van der Waals surface area contributed by atoms with Gasteiger partial charge in [0.15, 0.2) is 12.7 Å². The molecule has 0 fully saturated rings. The molecule has 0 saturated heterocycles. The van der Waals surface area contributed by atoms with Gasteiger partial charge in [-0.15, -0.1) is 0 Å². The van der Waals surface area contributed by atoms with Crippen molar-refractivity contribution in [3.63, 3.8) is 0 Å². The number of benzene rings is 4. The first-order valence-electron chi connectivity index (χ1n) is 13.0. The highest BCUT2D eigenvalue weighted by molar-refractivity contribution is 7.92. The van der Waals surface area contributed by atoms with Crippen molar-refractivity contribution in [2.75, 3.05) is 22.8 Å². The van der Waals surface area contributed by atoms with Gasteiger partial charge in [0.2, 0.25) is 0 Å². The fourth-order valence-electron chi connectivity index (χ4n) is 4.37. The summed E-state index contributed by atoms with van der Waals surface area (Å²) in [6.45, 7) is 1.91. The largest absolute Gasteiger partial charge is 0.484 e. The van der Waals surface area contributed by atoms with Crippen molar-refractivity contribution in [3.05, 3.63) is 114 Å². The molecule has 0 bridgehead atoms. The molecule has 0 unspecified atom stereocenters. The minimum Gasteiger partial charge on any atom is -0.484 e. The van der Waals surface area contributed by atoms with E-state index >= 15 is 0 Å². The maximum absolute atomic E-state index is 13.2. The number of carbonyl (C=O) groups excluding carboxylic acids is 2. The summed E-state index contributed by atoms with van der Waals surface area (Å²) in [4.78, 5) is 27.7. The van der Waals surface area contributed by atoms with E-state index in [-0.39, 0.29) is 29.9 Å². The van der Waals surface area contributed by atoms with Gasteiger partial charge in [0.05, 0.1) is 17.1 Å². The molecule has 0 aromatic heterocycles. The second-order valence-corrected chi connectivity index (χ2v) is 11.2. The number of carbonyl (C=O) groups is 2. The van der Waals surface area contributed by atoms with E-state index in [2.05, 4.69) is 10.0 Å². The maximum atomic E-state index is 13.2. The van der Waals surface area contributed by atoms with Crippen molar-refractivity contribution in [1.82, 2.24) is 5.32 Å². The Balaban J connectivity index is 1.22. The molecule has 1 aliphatic rings. The van der Waals surface area contributed by atoms with Crippen LogP contribution in [0.2, 0.25) is 0 Å². The summed E-state index contributed by atoms with van der Waals surface area (Å²) in [6.07, 6.45) is -0.900. The standard InChI is InChI=1S/C31H29N3O6S/c1-22-8-7-11-24(18-22)33-41(37,38)26-16-14-25(15-17-26)39-21-30(35)34-20-29(40-28-13-6-5-12-27(28)34)31(36)32-19-23-9-3-2-4-10-23/h2-18,29,33H,19-21H2,1H3,(H,32,36)/t29-/m0/s1. The van der Waals surface area contributed by atoms with Crippen molar-refractivity contribution in [1.29, 1.82) is 0 Å². The van der Waals surface area contributed by atoms with Crippen molar-refractivity contribution < 1.29 is 27.5 Å². The lowest BCUT2D eigenvalue weighted by molar-refractivity contribution is -0.128. The SMILES string of the molecule is Cc1cccc(NS(=O)(=O)c2ccc(OCC(=O)N3C[C@@H](C(=O)NCc4ccccc4)Oc4ccccc43)cc2)c1. The molecule has 1 heterocycles. The number of fused-ring (bicyclic) bond motifs is 1. The summed E-state index contributed by atoms with van der Waals surface area (Å²) in [5.41, 5.74) is 2.88. The van der Waals surface area contributed by atoms with Crippen LogP contribution in [0.1, 0.15) is 11.1 Å². The third-order valence-electron chi connectivity index (χ3n) is 6.44. The zero-order chi connectivity index (χ0) is 28.8. The summed E-state index contributed by atoms with van der Waals surface area (Å²) < 4.78 is 39.7. The molecule has 0 aliphatic carbocycles. The number of aryl methyl sites for hydroxylation is 1. The van der Waals surface area contributed by atoms with Gasteiger partial charge in [0.25, 0.3) is 21.8 Å². The molecular formula is C31H29N3O6S. The lowest BCUT2D eigenvalue weighted by atomic mass is 10.1. The number of hydrogen-bond acceptors (Lipinski definition) is 6. The van der Waals surface area contributed by atoms with Gasteiger partial charge in [-0.1, -0.05) is 54.6 Å². The molecule has 2 amide bonds. The third kappa shape index (κ3) is 6.85. The number of rotatable bonds is 9. The Labute approximate surface area is 238 Å². The molecule has 1 atom stereocenters. The highest BCUT2D eigenvalue weighted by Gasteiger charge is 2.33. The molecule has 0 spiro atoms. The first kappa shape index (κ1) is 27.7. The van der Waals surface area contributed by atoms with Gasteiger partial charge in [-0.05, 0) is 66.6 Å². The summed E-state index contributed by atoms with van der Waals surface area (Å²) in [5, 5.41) is 2.86. The van der Waals surface area contributed by atoms with Crippen molar-refractivity contribution >= 4 is 33.2 Å². The van der Waals surface area contributed by atoms with Crippen LogP contribution in [0, 0.1) is 6.92 Å². The molecule has 1 aliphatic heterocycles. The van der Waals surface area contributed by atoms with Gasteiger partial charge < -0.3 is 19.7 Å². The van der Waals surface area contributed by atoms with Gasteiger partial charge in [-0.2, -0.15) is 0 Å². The van der Waals surface area contributed by atoms with E-state index in [1.165, 1.54) is 29.2 Å². The average molecular weight is 572 g/mol.